The second-order valence-electron chi connectivity index (χ2n) is 3.51. The summed E-state index contributed by atoms with van der Waals surface area (Å²) in [4.78, 5) is 14.8. The molecule has 9 heteroatoms. The number of hydrogen-bond acceptors (Lipinski definition) is 7. The van der Waals surface area contributed by atoms with Crippen molar-refractivity contribution in [3.8, 4) is 11.5 Å². The van der Waals surface area contributed by atoms with Gasteiger partial charge in [0.1, 0.15) is 5.69 Å². The van der Waals surface area contributed by atoms with Gasteiger partial charge in [-0.1, -0.05) is 11.8 Å². The summed E-state index contributed by atoms with van der Waals surface area (Å²) in [6.07, 6.45) is 0. The molecule has 0 unspecified atom stereocenters. The Kier molecular flexibility index (Phi) is 4.88. The van der Waals surface area contributed by atoms with Crippen molar-refractivity contribution in [2.24, 2.45) is 0 Å². The quantitative estimate of drug-likeness (QED) is 0.769. The number of thiazole rings is 1. The van der Waals surface area contributed by atoms with Gasteiger partial charge in [-0.05, 0) is 0 Å². The van der Waals surface area contributed by atoms with Gasteiger partial charge in [-0.2, -0.15) is 0 Å². The molecule has 2 aromatic heterocycles. The molecule has 0 aliphatic heterocycles. The monoisotopic (exact) mass is 300 g/mol. The van der Waals surface area contributed by atoms with Crippen LogP contribution in [0.5, 0.6) is 0 Å². The Morgan fingerprint density at radius 1 is 1.58 bits per heavy atom. The van der Waals surface area contributed by atoms with Crippen LogP contribution in [0.4, 0.5) is 0 Å². The smallest absolute Gasteiger partial charge is 0.313 e. The molecule has 0 saturated heterocycles. The maximum atomic E-state index is 10.6. The van der Waals surface area contributed by atoms with Crippen molar-refractivity contribution in [1.82, 2.24) is 19.7 Å². The zero-order chi connectivity index (χ0) is 13.7. The van der Waals surface area contributed by atoms with Gasteiger partial charge in [0.15, 0.2) is 11.0 Å². The summed E-state index contributed by atoms with van der Waals surface area (Å²) in [5.74, 6) is -0.310. The maximum Gasteiger partial charge on any atom is 0.313 e. The van der Waals surface area contributed by atoms with Crippen LogP contribution in [0.2, 0.25) is 0 Å². The molecule has 7 nitrogen and oxygen atoms in total. The molecule has 0 amide bonds. The van der Waals surface area contributed by atoms with Gasteiger partial charge in [-0.15, -0.1) is 21.5 Å². The summed E-state index contributed by atoms with van der Waals surface area (Å²) in [7, 11) is 1.61. The van der Waals surface area contributed by atoms with E-state index in [9.17, 15) is 4.79 Å². The first-order valence-electron chi connectivity index (χ1n) is 5.37. The maximum absolute atomic E-state index is 10.6. The number of nitrogens with zero attached hydrogens (tertiary/aromatic N) is 4. The lowest BCUT2D eigenvalue weighted by Crippen LogP contribution is -2.08. The second kappa shape index (κ2) is 6.64. The van der Waals surface area contributed by atoms with Crippen LogP contribution in [0.3, 0.4) is 0 Å². The highest BCUT2D eigenvalue weighted by Crippen LogP contribution is 2.23. The Balaban J connectivity index is 2.25. The number of methoxy groups -OCH3 is 1. The molecule has 2 aromatic rings. The summed E-state index contributed by atoms with van der Waals surface area (Å²) in [6.45, 7) is 1.05. The van der Waals surface area contributed by atoms with Crippen LogP contribution in [-0.2, 0) is 16.1 Å². The van der Waals surface area contributed by atoms with E-state index in [0.717, 1.165) is 17.5 Å². The predicted octanol–water partition coefficient (Wildman–Crippen LogP) is 1.22. The predicted molar refractivity (Wildman–Crippen MR) is 71.4 cm³/mol. The standard InChI is InChI=1S/C10H12N4O3S2/c1-17-3-2-14-9(7-4-18-6-11-7)12-13-10(14)19-5-8(15)16/h4,6H,2-3,5H2,1H3,(H,15,16). The van der Waals surface area contributed by atoms with E-state index < -0.39 is 5.97 Å². The van der Waals surface area contributed by atoms with E-state index in [4.69, 9.17) is 9.84 Å². The van der Waals surface area contributed by atoms with Crippen LogP contribution in [0.25, 0.3) is 11.5 Å². The van der Waals surface area contributed by atoms with Crippen molar-refractivity contribution in [2.75, 3.05) is 19.5 Å². The molecule has 0 radical (unpaired) electrons. The Hall–Kier alpha value is -1.45. The lowest BCUT2D eigenvalue weighted by atomic mass is 10.4. The van der Waals surface area contributed by atoms with Gasteiger partial charge in [0, 0.05) is 12.5 Å². The van der Waals surface area contributed by atoms with Gasteiger partial charge in [0.05, 0.1) is 24.4 Å². The first kappa shape index (κ1) is 14.0. The molecule has 0 aliphatic rings. The number of carboxylic acid groups (broad SMARTS) is 1. The number of thioether (sulfide) groups is 1. The molecular weight excluding hydrogens is 288 g/mol. The minimum Gasteiger partial charge on any atom is -0.481 e. The molecule has 0 spiro atoms. The summed E-state index contributed by atoms with van der Waals surface area (Å²) >= 11 is 2.60. The van der Waals surface area contributed by atoms with E-state index in [1.54, 1.807) is 12.6 Å². The van der Waals surface area contributed by atoms with E-state index in [1.807, 2.05) is 9.95 Å². The van der Waals surface area contributed by atoms with Gasteiger partial charge in [-0.3, -0.25) is 9.36 Å². The fraction of sp³-hybridized carbons (Fsp3) is 0.400. The third kappa shape index (κ3) is 3.52. The topological polar surface area (TPSA) is 90.1 Å². The van der Waals surface area contributed by atoms with Gasteiger partial charge < -0.3 is 9.84 Å². The van der Waals surface area contributed by atoms with Gasteiger partial charge in [0.25, 0.3) is 0 Å². The van der Waals surface area contributed by atoms with Gasteiger partial charge in [0.2, 0.25) is 0 Å². The summed E-state index contributed by atoms with van der Waals surface area (Å²) in [6, 6.07) is 0. The van der Waals surface area contributed by atoms with Crippen molar-refractivity contribution in [3.05, 3.63) is 10.9 Å². The fourth-order valence-electron chi connectivity index (χ4n) is 1.42. The second-order valence-corrected chi connectivity index (χ2v) is 5.17. The van der Waals surface area contributed by atoms with Crippen LogP contribution in [-0.4, -0.2) is 50.3 Å². The molecule has 1 N–H and O–H groups in total. The first-order valence-corrected chi connectivity index (χ1v) is 7.30. The van der Waals surface area contributed by atoms with E-state index in [-0.39, 0.29) is 5.75 Å². The minimum absolute atomic E-state index is 0.0534. The van der Waals surface area contributed by atoms with Crippen LogP contribution < -0.4 is 0 Å². The summed E-state index contributed by atoms with van der Waals surface area (Å²) in [5, 5.41) is 19.2. The zero-order valence-electron chi connectivity index (χ0n) is 10.1. The minimum atomic E-state index is -0.888. The summed E-state index contributed by atoms with van der Waals surface area (Å²) < 4.78 is 6.87. The fourth-order valence-corrected chi connectivity index (χ4v) is 2.63. The van der Waals surface area contributed by atoms with Crippen LogP contribution >= 0.6 is 23.1 Å². The highest BCUT2D eigenvalue weighted by molar-refractivity contribution is 7.99. The average molecular weight is 300 g/mol. The highest BCUT2D eigenvalue weighted by atomic mass is 32.2. The Labute approximate surface area is 117 Å². The molecule has 0 aromatic carbocycles. The number of hydrogen-bond donors (Lipinski definition) is 1. The van der Waals surface area contributed by atoms with Crippen LogP contribution in [0.15, 0.2) is 16.0 Å². The van der Waals surface area contributed by atoms with Crippen molar-refractivity contribution in [1.29, 1.82) is 0 Å². The lowest BCUT2D eigenvalue weighted by molar-refractivity contribution is -0.133. The number of ether oxygens (including phenoxy) is 1. The third-order valence-corrected chi connectivity index (χ3v) is 3.76. The molecule has 0 fully saturated rings. The average Bonchev–Trinajstić information content (AvgIpc) is 3.02. The van der Waals surface area contributed by atoms with Crippen molar-refractivity contribution >= 4 is 29.1 Å². The molecule has 2 rings (SSSR count). The third-order valence-electron chi connectivity index (χ3n) is 2.22. The number of carboxylic acids is 1. The van der Waals surface area contributed by atoms with E-state index in [1.165, 1.54) is 11.3 Å². The van der Waals surface area contributed by atoms with Crippen molar-refractivity contribution in [2.45, 2.75) is 11.7 Å². The lowest BCUT2D eigenvalue weighted by Gasteiger charge is -2.07. The normalized spacial score (nSPS) is 10.8. The van der Waals surface area contributed by atoms with E-state index in [2.05, 4.69) is 15.2 Å². The van der Waals surface area contributed by atoms with Crippen molar-refractivity contribution < 1.29 is 14.6 Å². The molecule has 0 saturated carbocycles. The highest BCUT2D eigenvalue weighted by Gasteiger charge is 2.16. The number of carbonyl (C=O) groups is 1. The SMILES string of the molecule is COCCn1c(SCC(=O)O)nnc1-c1cscn1. The molecule has 0 atom stereocenters. The van der Waals surface area contributed by atoms with Crippen LogP contribution in [0, 0.1) is 0 Å². The van der Waals surface area contributed by atoms with E-state index in [0.29, 0.717) is 24.1 Å². The molecule has 0 aliphatic carbocycles. The molecule has 102 valence electrons. The number of aliphatic carboxylic acids is 1. The van der Waals surface area contributed by atoms with E-state index >= 15 is 0 Å². The zero-order valence-corrected chi connectivity index (χ0v) is 11.8. The van der Waals surface area contributed by atoms with Gasteiger partial charge >= 0.3 is 5.97 Å². The Morgan fingerprint density at radius 3 is 3.05 bits per heavy atom. The summed E-state index contributed by atoms with van der Waals surface area (Å²) in [5.41, 5.74) is 2.45. The number of aromatic nitrogens is 4. The molecule has 2 heterocycles. The number of rotatable bonds is 7. The van der Waals surface area contributed by atoms with Crippen LogP contribution in [0.1, 0.15) is 0 Å². The molecular formula is C10H12N4O3S2. The Bertz CT molecular complexity index is 541. The molecule has 19 heavy (non-hydrogen) atoms. The van der Waals surface area contributed by atoms with Gasteiger partial charge in [-0.25, -0.2) is 4.98 Å². The molecule has 0 bridgehead atoms. The largest absolute Gasteiger partial charge is 0.481 e. The van der Waals surface area contributed by atoms with Crippen molar-refractivity contribution in [3.63, 3.8) is 0 Å². The first-order chi connectivity index (χ1) is 9.22. The Morgan fingerprint density at radius 2 is 2.42 bits per heavy atom.